The summed E-state index contributed by atoms with van der Waals surface area (Å²) in [5.41, 5.74) is 4.94. The van der Waals surface area contributed by atoms with Gasteiger partial charge in [-0.05, 0) is 73.7 Å². The summed E-state index contributed by atoms with van der Waals surface area (Å²) >= 11 is 5.78. The topological polar surface area (TPSA) is 88.5 Å². The van der Waals surface area contributed by atoms with Gasteiger partial charge >= 0.3 is 5.97 Å². The molecule has 3 heterocycles. The zero-order valence-electron chi connectivity index (χ0n) is 21.7. The maximum Gasteiger partial charge on any atom is 0.337 e. The maximum atomic E-state index is 12.9. The number of aromatic nitrogens is 2. The summed E-state index contributed by atoms with van der Waals surface area (Å²) in [5.74, 6) is -0.496. The van der Waals surface area contributed by atoms with Crippen molar-refractivity contribution in [3.8, 4) is 5.69 Å². The van der Waals surface area contributed by atoms with Gasteiger partial charge in [0.2, 0.25) is 5.91 Å². The molecule has 0 unspecified atom stereocenters. The second-order valence-electron chi connectivity index (χ2n) is 9.33. The summed E-state index contributed by atoms with van der Waals surface area (Å²) in [6.07, 6.45) is 3.96. The van der Waals surface area contributed by atoms with Crippen LogP contribution >= 0.6 is 12.2 Å². The molecule has 1 saturated heterocycles. The number of aryl methyl sites for hydroxylation is 1. The largest absolute Gasteiger partial charge is 0.465 e. The smallest absolute Gasteiger partial charge is 0.337 e. The molecule has 0 bridgehead atoms. The third-order valence-corrected chi connectivity index (χ3v) is 7.09. The minimum Gasteiger partial charge on any atom is -0.465 e. The lowest BCUT2D eigenvalue weighted by Gasteiger charge is -2.29. The number of thiocarbonyl (C=S) groups is 1. The van der Waals surface area contributed by atoms with E-state index in [-0.39, 0.29) is 24.4 Å². The van der Waals surface area contributed by atoms with Gasteiger partial charge in [-0.15, -0.1) is 0 Å². The first kappa shape index (κ1) is 26.1. The van der Waals surface area contributed by atoms with Crippen LogP contribution in [0.1, 0.15) is 45.8 Å². The first-order valence-electron chi connectivity index (χ1n) is 12.6. The molecule has 0 aliphatic carbocycles. The van der Waals surface area contributed by atoms with Crippen molar-refractivity contribution in [3.05, 3.63) is 114 Å². The Labute approximate surface area is 232 Å². The fourth-order valence-corrected chi connectivity index (χ4v) is 5.15. The summed E-state index contributed by atoms with van der Waals surface area (Å²) in [6.45, 7) is 2.41. The third kappa shape index (κ3) is 5.68. The molecule has 4 aromatic rings. The van der Waals surface area contributed by atoms with E-state index in [2.05, 4.69) is 15.6 Å². The van der Waals surface area contributed by atoms with Gasteiger partial charge < -0.3 is 24.8 Å². The van der Waals surface area contributed by atoms with Crippen LogP contribution in [-0.4, -0.2) is 45.1 Å². The maximum absolute atomic E-state index is 12.9. The molecular formula is C30H29N5O3S. The molecule has 0 saturated carbocycles. The summed E-state index contributed by atoms with van der Waals surface area (Å²) < 4.78 is 6.95. The number of esters is 1. The fraction of sp³-hybridized carbons (Fsp3) is 0.200. The molecule has 2 N–H and O–H groups in total. The lowest BCUT2D eigenvalue weighted by atomic mass is 10.0. The van der Waals surface area contributed by atoms with E-state index in [9.17, 15) is 9.59 Å². The molecule has 0 spiro atoms. The Morgan fingerprint density at radius 2 is 1.87 bits per heavy atom. The molecule has 1 aliphatic heterocycles. The van der Waals surface area contributed by atoms with Crippen LogP contribution in [0.5, 0.6) is 0 Å². The van der Waals surface area contributed by atoms with Crippen molar-refractivity contribution in [1.82, 2.24) is 19.8 Å². The molecule has 2 aromatic heterocycles. The lowest BCUT2D eigenvalue weighted by Crippen LogP contribution is -2.33. The van der Waals surface area contributed by atoms with Gasteiger partial charge in [0.05, 0.1) is 30.5 Å². The average Bonchev–Trinajstić information content (AvgIpc) is 3.57. The Bertz CT molecular complexity index is 1490. The van der Waals surface area contributed by atoms with E-state index in [1.807, 2.05) is 89.3 Å². The fourth-order valence-electron chi connectivity index (χ4n) is 4.82. The first-order chi connectivity index (χ1) is 18.9. The summed E-state index contributed by atoms with van der Waals surface area (Å²) in [5, 5.41) is 6.95. The van der Waals surface area contributed by atoms with Gasteiger partial charge in [-0.3, -0.25) is 9.78 Å². The number of ether oxygens (including phenoxy) is 1. The SMILES string of the molecule is COC(=O)c1cccc(-n2cccc2[C@@H]2[C@@H](c3ccccn3)NC(=S)N2CCC(=O)Nc2ccc(C)cc2)c1. The Kier molecular flexibility index (Phi) is 7.69. The number of pyridine rings is 1. The number of carbonyl (C=O) groups is 2. The van der Waals surface area contributed by atoms with Gasteiger partial charge in [-0.25, -0.2) is 4.79 Å². The van der Waals surface area contributed by atoms with Crippen molar-refractivity contribution >= 4 is 34.9 Å². The molecule has 9 heteroatoms. The van der Waals surface area contributed by atoms with Crippen molar-refractivity contribution in [1.29, 1.82) is 0 Å². The molecule has 5 rings (SSSR count). The van der Waals surface area contributed by atoms with Crippen LogP contribution in [0, 0.1) is 6.92 Å². The normalized spacial score (nSPS) is 16.6. The molecule has 39 heavy (non-hydrogen) atoms. The molecule has 8 nitrogen and oxygen atoms in total. The zero-order valence-corrected chi connectivity index (χ0v) is 22.5. The monoisotopic (exact) mass is 539 g/mol. The molecule has 2 atom stereocenters. The number of nitrogens with one attached hydrogen (secondary N) is 2. The highest BCUT2D eigenvalue weighted by Crippen LogP contribution is 2.39. The number of hydrogen-bond donors (Lipinski definition) is 2. The van der Waals surface area contributed by atoms with Gasteiger partial charge in [0.1, 0.15) is 0 Å². The van der Waals surface area contributed by atoms with Crippen molar-refractivity contribution in [2.75, 3.05) is 19.0 Å². The van der Waals surface area contributed by atoms with Crippen LogP contribution in [-0.2, 0) is 9.53 Å². The molecule has 0 radical (unpaired) electrons. The van der Waals surface area contributed by atoms with E-state index >= 15 is 0 Å². The minimum absolute atomic E-state index is 0.0946. The van der Waals surface area contributed by atoms with E-state index < -0.39 is 5.97 Å². The highest BCUT2D eigenvalue weighted by atomic mass is 32.1. The predicted octanol–water partition coefficient (Wildman–Crippen LogP) is 4.97. The Morgan fingerprint density at radius 3 is 2.62 bits per heavy atom. The van der Waals surface area contributed by atoms with Crippen LogP contribution < -0.4 is 10.6 Å². The molecule has 1 fully saturated rings. The van der Waals surface area contributed by atoms with E-state index in [0.717, 1.165) is 28.3 Å². The Morgan fingerprint density at radius 1 is 1.05 bits per heavy atom. The van der Waals surface area contributed by atoms with Gasteiger partial charge in [0, 0.05) is 42.4 Å². The van der Waals surface area contributed by atoms with Crippen LogP contribution in [0.15, 0.2) is 91.3 Å². The van der Waals surface area contributed by atoms with E-state index in [1.165, 1.54) is 7.11 Å². The molecular weight excluding hydrogens is 510 g/mol. The number of anilines is 1. The van der Waals surface area contributed by atoms with Crippen molar-refractivity contribution in [2.24, 2.45) is 0 Å². The van der Waals surface area contributed by atoms with Crippen molar-refractivity contribution in [3.63, 3.8) is 0 Å². The number of amides is 1. The molecule has 198 valence electrons. The standard InChI is InChI=1S/C30H29N5O3S/c1-20-11-13-22(14-12-20)32-26(36)15-18-35-28(27(33-30(35)39)24-9-3-4-16-31-24)25-10-6-17-34(25)23-8-5-7-21(19-23)29(37)38-2/h3-14,16-17,19,27-28H,15,18H2,1-2H3,(H,32,36)(H,33,39)/t27-,28-/m1/s1. The number of nitrogens with zero attached hydrogens (tertiary/aromatic N) is 3. The predicted molar refractivity (Wildman–Crippen MR) is 154 cm³/mol. The highest BCUT2D eigenvalue weighted by Gasteiger charge is 2.41. The van der Waals surface area contributed by atoms with E-state index in [4.69, 9.17) is 17.0 Å². The second kappa shape index (κ2) is 11.5. The highest BCUT2D eigenvalue weighted by molar-refractivity contribution is 7.80. The third-order valence-electron chi connectivity index (χ3n) is 6.74. The molecule has 1 amide bonds. The van der Waals surface area contributed by atoms with Crippen LogP contribution in [0.25, 0.3) is 5.69 Å². The zero-order chi connectivity index (χ0) is 27.4. The van der Waals surface area contributed by atoms with Crippen LogP contribution in [0.4, 0.5) is 5.69 Å². The average molecular weight is 540 g/mol. The van der Waals surface area contributed by atoms with Crippen LogP contribution in [0.3, 0.4) is 0 Å². The van der Waals surface area contributed by atoms with E-state index in [0.29, 0.717) is 17.2 Å². The minimum atomic E-state index is -0.401. The Hall–Kier alpha value is -4.50. The molecule has 1 aliphatic rings. The second-order valence-corrected chi connectivity index (χ2v) is 9.72. The number of carbonyl (C=O) groups excluding carboxylic acids is 2. The van der Waals surface area contributed by atoms with Crippen molar-refractivity contribution in [2.45, 2.75) is 25.4 Å². The molecule has 2 aromatic carbocycles. The van der Waals surface area contributed by atoms with Gasteiger partial charge in [0.25, 0.3) is 0 Å². The first-order valence-corrected chi connectivity index (χ1v) is 13.1. The lowest BCUT2D eigenvalue weighted by molar-refractivity contribution is -0.116. The van der Waals surface area contributed by atoms with Gasteiger partial charge in [-0.2, -0.15) is 0 Å². The quantitative estimate of drug-likeness (QED) is 0.241. The summed E-state index contributed by atoms with van der Waals surface area (Å²) in [4.78, 5) is 31.7. The number of rotatable bonds is 8. The van der Waals surface area contributed by atoms with Gasteiger partial charge in [-0.1, -0.05) is 29.8 Å². The summed E-state index contributed by atoms with van der Waals surface area (Å²) in [6, 6.07) is 24.3. The Balaban J connectivity index is 1.45. The number of methoxy groups -OCH3 is 1. The number of hydrogen-bond acceptors (Lipinski definition) is 5. The van der Waals surface area contributed by atoms with Crippen molar-refractivity contribution < 1.29 is 14.3 Å². The van der Waals surface area contributed by atoms with Gasteiger partial charge in [0.15, 0.2) is 5.11 Å². The number of benzene rings is 2. The summed E-state index contributed by atoms with van der Waals surface area (Å²) in [7, 11) is 1.37. The van der Waals surface area contributed by atoms with Crippen LogP contribution in [0.2, 0.25) is 0 Å². The van der Waals surface area contributed by atoms with E-state index in [1.54, 1.807) is 18.3 Å².